The molecular formula is C26H25F4N3O3. The summed E-state index contributed by atoms with van der Waals surface area (Å²) >= 11 is 0. The summed E-state index contributed by atoms with van der Waals surface area (Å²) in [5.74, 6) is -1.02. The van der Waals surface area contributed by atoms with Crippen LogP contribution in [0, 0.1) is 11.2 Å². The number of nitrogens with one attached hydrogen (secondary N) is 1. The zero-order valence-corrected chi connectivity index (χ0v) is 19.5. The van der Waals surface area contributed by atoms with Gasteiger partial charge in [-0.25, -0.2) is 9.37 Å². The van der Waals surface area contributed by atoms with Gasteiger partial charge < -0.3 is 19.4 Å². The number of fused-ring (bicyclic) bond motifs is 3. The molecule has 0 bridgehead atoms. The molecule has 1 aliphatic carbocycles. The van der Waals surface area contributed by atoms with Crippen LogP contribution in [0.4, 0.5) is 17.6 Å². The van der Waals surface area contributed by atoms with Gasteiger partial charge in [-0.2, -0.15) is 0 Å². The van der Waals surface area contributed by atoms with Crippen LogP contribution in [-0.2, 0) is 17.6 Å². The lowest BCUT2D eigenvalue weighted by Crippen LogP contribution is -2.38. The minimum atomic E-state index is -4.79. The van der Waals surface area contributed by atoms with Crippen molar-refractivity contribution in [3.8, 4) is 5.75 Å². The lowest BCUT2D eigenvalue weighted by atomic mass is 9.83. The number of ether oxygens (including phenoxy) is 2. The monoisotopic (exact) mass is 503 g/mol. The highest BCUT2D eigenvalue weighted by atomic mass is 19.4. The molecule has 2 aromatic heterocycles. The molecule has 36 heavy (non-hydrogen) atoms. The molecule has 3 aliphatic rings. The number of aromatic amines is 1. The van der Waals surface area contributed by atoms with Crippen LogP contribution >= 0.6 is 0 Å². The fourth-order valence-corrected chi connectivity index (χ4v) is 6.11. The Bertz CT molecular complexity index is 1300. The minimum Gasteiger partial charge on any atom is -0.406 e. The second kappa shape index (κ2) is 8.47. The molecule has 1 amide bonds. The van der Waals surface area contributed by atoms with Crippen molar-refractivity contribution >= 4 is 16.9 Å². The van der Waals surface area contributed by atoms with E-state index in [4.69, 9.17) is 4.74 Å². The van der Waals surface area contributed by atoms with Crippen molar-refractivity contribution in [2.45, 2.75) is 44.4 Å². The highest BCUT2D eigenvalue weighted by Gasteiger charge is 2.43. The summed E-state index contributed by atoms with van der Waals surface area (Å²) in [4.78, 5) is 22.3. The number of carbonyl (C=O) groups is 1. The Morgan fingerprint density at radius 1 is 1.17 bits per heavy atom. The van der Waals surface area contributed by atoms with Gasteiger partial charge in [0.1, 0.15) is 17.2 Å². The van der Waals surface area contributed by atoms with Gasteiger partial charge in [0.25, 0.3) is 5.91 Å². The summed E-state index contributed by atoms with van der Waals surface area (Å²) in [6.07, 6.45) is 0.409. The average Bonchev–Trinajstić information content (AvgIpc) is 3.53. The Kier molecular flexibility index (Phi) is 5.47. The van der Waals surface area contributed by atoms with Crippen LogP contribution in [0.3, 0.4) is 0 Å². The van der Waals surface area contributed by atoms with Crippen LogP contribution in [-0.4, -0.2) is 53.4 Å². The number of amides is 1. The second-order valence-corrected chi connectivity index (χ2v) is 10.1. The molecule has 0 radical (unpaired) electrons. The van der Waals surface area contributed by atoms with Crippen LogP contribution < -0.4 is 4.74 Å². The summed E-state index contributed by atoms with van der Waals surface area (Å²) in [6, 6.07) is 4.91. The lowest BCUT2D eigenvalue weighted by molar-refractivity contribution is -0.274. The summed E-state index contributed by atoms with van der Waals surface area (Å²) in [5, 5.41) is 0.888. The first kappa shape index (κ1) is 23.3. The molecule has 0 unspecified atom stereocenters. The van der Waals surface area contributed by atoms with Crippen LogP contribution in [0.15, 0.2) is 30.5 Å². The van der Waals surface area contributed by atoms with Crippen molar-refractivity contribution in [1.29, 1.82) is 0 Å². The third-order valence-electron chi connectivity index (χ3n) is 7.82. The maximum Gasteiger partial charge on any atom is 0.573 e. The van der Waals surface area contributed by atoms with Crippen LogP contribution in [0.25, 0.3) is 11.0 Å². The first-order valence-electron chi connectivity index (χ1n) is 12.1. The predicted octanol–water partition coefficient (Wildman–Crippen LogP) is 5.13. The largest absolute Gasteiger partial charge is 0.573 e. The molecule has 1 spiro atoms. The van der Waals surface area contributed by atoms with Crippen molar-refractivity contribution < 1.29 is 31.8 Å². The number of benzene rings is 1. The number of likely N-dealkylation sites (tertiary alicyclic amines) is 1. The van der Waals surface area contributed by atoms with Gasteiger partial charge in [-0.05, 0) is 67.9 Å². The molecule has 2 fully saturated rings. The van der Waals surface area contributed by atoms with E-state index in [9.17, 15) is 18.0 Å². The molecule has 1 atom stereocenters. The fraction of sp³-hybridized carbons (Fsp3) is 0.462. The van der Waals surface area contributed by atoms with E-state index in [-0.39, 0.29) is 34.4 Å². The SMILES string of the molecule is O=C(c1ccc(OC(F)(F)F)cc1)N1CCC(c2c(F)cnc3[nH]c4c(c23)C[C@]2(CCOC2)C4)CC1. The molecule has 1 aromatic carbocycles. The number of halogens is 4. The van der Waals surface area contributed by atoms with Crippen LogP contribution in [0.2, 0.25) is 0 Å². The van der Waals surface area contributed by atoms with E-state index in [1.54, 1.807) is 4.90 Å². The molecule has 4 heterocycles. The van der Waals surface area contributed by atoms with E-state index < -0.39 is 6.36 Å². The van der Waals surface area contributed by atoms with Crippen molar-refractivity contribution in [2.75, 3.05) is 26.3 Å². The average molecular weight is 503 g/mol. The van der Waals surface area contributed by atoms with Gasteiger partial charge in [0, 0.05) is 47.3 Å². The van der Waals surface area contributed by atoms with Gasteiger partial charge in [0.05, 0.1) is 12.8 Å². The molecule has 0 saturated carbocycles. The van der Waals surface area contributed by atoms with Crippen molar-refractivity contribution in [3.05, 3.63) is 58.7 Å². The Balaban J connectivity index is 1.19. The van der Waals surface area contributed by atoms with Gasteiger partial charge in [-0.15, -0.1) is 13.2 Å². The standard InChI is InChI=1S/C26H25F4N3O3/c27-19-13-31-23-22(18-11-25(7-10-35-14-25)12-20(18)32-23)21(19)15-5-8-33(9-6-15)24(34)16-1-3-17(4-2-16)36-26(28,29)30/h1-4,13,15H,5-12,14H2,(H,31,32)/t25-/m1/s1. The number of aromatic nitrogens is 2. The molecule has 3 aromatic rings. The van der Waals surface area contributed by atoms with Crippen molar-refractivity contribution in [1.82, 2.24) is 14.9 Å². The predicted molar refractivity (Wildman–Crippen MR) is 122 cm³/mol. The van der Waals surface area contributed by atoms with Gasteiger partial charge in [0.15, 0.2) is 0 Å². The summed E-state index contributed by atoms with van der Waals surface area (Å²) in [6.45, 7) is 2.33. The number of piperidine rings is 1. The summed E-state index contributed by atoms with van der Waals surface area (Å²) in [5.41, 5.74) is 4.04. The van der Waals surface area contributed by atoms with Crippen LogP contribution in [0.5, 0.6) is 5.75 Å². The van der Waals surface area contributed by atoms with Crippen molar-refractivity contribution in [2.24, 2.45) is 5.41 Å². The first-order valence-corrected chi connectivity index (χ1v) is 12.1. The topological polar surface area (TPSA) is 67.5 Å². The van der Waals surface area contributed by atoms with Gasteiger partial charge in [-0.1, -0.05) is 0 Å². The number of rotatable bonds is 3. The number of H-pyrrole nitrogens is 1. The van der Waals surface area contributed by atoms with E-state index in [0.29, 0.717) is 37.1 Å². The quantitative estimate of drug-likeness (QED) is 0.504. The first-order chi connectivity index (χ1) is 17.2. The normalized spacial score (nSPS) is 22.5. The number of hydrogen-bond acceptors (Lipinski definition) is 4. The summed E-state index contributed by atoms with van der Waals surface area (Å²) < 4.78 is 61.9. The Morgan fingerprint density at radius 3 is 2.58 bits per heavy atom. The third-order valence-corrected chi connectivity index (χ3v) is 7.82. The highest BCUT2D eigenvalue weighted by Crippen LogP contribution is 2.47. The molecule has 6 rings (SSSR count). The Morgan fingerprint density at radius 2 is 1.92 bits per heavy atom. The number of nitrogens with zero attached hydrogens (tertiary/aromatic N) is 2. The smallest absolute Gasteiger partial charge is 0.406 e. The number of pyridine rings is 1. The number of alkyl halides is 3. The molecule has 1 N–H and O–H groups in total. The summed E-state index contributed by atoms with van der Waals surface area (Å²) in [7, 11) is 0. The van der Waals surface area contributed by atoms with E-state index in [1.807, 2.05) is 0 Å². The lowest BCUT2D eigenvalue weighted by Gasteiger charge is -2.33. The maximum absolute atomic E-state index is 15.2. The molecule has 190 valence electrons. The van der Waals surface area contributed by atoms with Crippen LogP contribution in [0.1, 0.15) is 52.4 Å². The maximum atomic E-state index is 15.2. The molecule has 2 aliphatic heterocycles. The third kappa shape index (κ3) is 4.11. The van der Waals surface area contributed by atoms with Crippen molar-refractivity contribution in [3.63, 3.8) is 0 Å². The Hall–Kier alpha value is -3.14. The van der Waals surface area contributed by atoms with E-state index in [1.165, 1.54) is 18.3 Å². The van der Waals surface area contributed by atoms with E-state index in [2.05, 4.69) is 14.7 Å². The fourth-order valence-electron chi connectivity index (χ4n) is 6.11. The number of carbonyl (C=O) groups excluding carboxylic acids is 1. The molecule has 6 nitrogen and oxygen atoms in total. The zero-order valence-electron chi connectivity index (χ0n) is 19.5. The second-order valence-electron chi connectivity index (χ2n) is 10.1. The van der Waals surface area contributed by atoms with Gasteiger partial charge >= 0.3 is 6.36 Å². The van der Waals surface area contributed by atoms with Gasteiger partial charge in [-0.3, -0.25) is 4.79 Å². The van der Waals surface area contributed by atoms with Gasteiger partial charge in [0.2, 0.25) is 0 Å². The van der Waals surface area contributed by atoms with E-state index >= 15 is 4.39 Å². The Labute approximate surface area is 204 Å². The highest BCUT2D eigenvalue weighted by molar-refractivity contribution is 5.94. The number of hydrogen-bond donors (Lipinski definition) is 1. The van der Waals surface area contributed by atoms with E-state index in [0.717, 1.165) is 61.3 Å². The molecule has 10 heteroatoms. The molecular weight excluding hydrogens is 478 g/mol. The zero-order chi connectivity index (χ0) is 25.1. The molecule has 2 saturated heterocycles. The minimum absolute atomic E-state index is 0.0570.